The lowest BCUT2D eigenvalue weighted by molar-refractivity contribution is -0.132. The third kappa shape index (κ3) is 2.35. The molecule has 7 heteroatoms. The molecule has 1 unspecified atom stereocenters. The van der Waals surface area contributed by atoms with E-state index < -0.39 is 6.04 Å². The second-order valence-electron chi connectivity index (χ2n) is 5.46. The SMILES string of the molecule is Cc1nc2cc(Br)cc(N)c2c(=O)n1C1CCC(=O)CC1=O. The number of halogens is 1. The van der Waals surface area contributed by atoms with E-state index in [9.17, 15) is 14.4 Å². The first-order valence-corrected chi connectivity index (χ1v) is 7.70. The number of carbonyl (C=O) groups is 2. The molecular weight excluding hydrogens is 350 g/mol. The quantitative estimate of drug-likeness (QED) is 0.616. The van der Waals surface area contributed by atoms with E-state index in [0.29, 0.717) is 35.3 Å². The number of anilines is 1. The molecule has 6 nitrogen and oxygen atoms in total. The van der Waals surface area contributed by atoms with Crippen LogP contribution in [0, 0.1) is 6.92 Å². The molecule has 0 amide bonds. The zero-order valence-corrected chi connectivity index (χ0v) is 13.5. The van der Waals surface area contributed by atoms with Crippen molar-refractivity contribution in [1.82, 2.24) is 9.55 Å². The standard InChI is InChI=1S/C15H14BrN3O3/c1-7-18-11-5-8(16)4-10(17)14(11)15(22)19(7)12-3-2-9(20)6-13(12)21/h4-5,12H,2-3,6,17H2,1H3. The van der Waals surface area contributed by atoms with Crippen LogP contribution in [0.5, 0.6) is 0 Å². The highest BCUT2D eigenvalue weighted by Crippen LogP contribution is 2.26. The Morgan fingerprint density at radius 2 is 2.05 bits per heavy atom. The molecule has 0 bridgehead atoms. The second-order valence-corrected chi connectivity index (χ2v) is 6.38. The number of Topliss-reactive ketones (excluding diaryl/α,β-unsaturated/α-hetero) is 2. The minimum atomic E-state index is -0.634. The summed E-state index contributed by atoms with van der Waals surface area (Å²) in [5.41, 5.74) is 6.41. The van der Waals surface area contributed by atoms with Crippen LogP contribution in [0.3, 0.4) is 0 Å². The molecule has 1 saturated carbocycles. The predicted octanol–water partition coefficient (Wildman–Crippen LogP) is 1.91. The van der Waals surface area contributed by atoms with E-state index >= 15 is 0 Å². The number of nitrogen functional groups attached to an aromatic ring is 1. The first-order chi connectivity index (χ1) is 10.4. The molecule has 2 N–H and O–H groups in total. The zero-order chi connectivity index (χ0) is 16.0. The molecule has 1 aromatic carbocycles. The van der Waals surface area contributed by atoms with Gasteiger partial charge in [0.25, 0.3) is 5.56 Å². The number of ketones is 2. The van der Waals surface area contributed by atoms with Gasteiger partial charge < -0.3 is 5.73 Å². The second kappa shape index (κ2) is 5.31. The van der Waals surface area contributed by atoms with Crippen LogP contribution in [0.1, 0.15) is 31.1 Å². The summed E-state index contributed by atoms with van der Waals surface area (Å²) in [6, 6.07) is 2.72. The number of carbonyl (C=O) groups excluding carboxylic acids is 2. The fourth-order valence-corrected chi connectivity index (χ4v) is 3.39. The molecule has 1 heterocycles. The maximum absolute atomic E-state index is 12.8. The van der Waals surface area contributed by atoms with Crippen molar-refractivity contribution in [2.75, 3.05) is 5.73 Å². The Morgan fingerprint density at radius 1 is 1.32 bits per heavy atom. The maximum atomic E-state index is 12.8. The highest BCUT2D eigenvalue weighted by Gasteiger charge is 2.30. The summed E-state index contributed by atoms with van der Waals surface area (Å²) >= 11 is 3.32. The van der Waals surface area contributed by atoms with E-state index in [-0.39, 0.29) is 23.5 Å². The van der Waals surface area contributed by atoms with Crippen molar-refractivity contribution in [2.24, 2.45) is 0 Å². The number of hydrogen-bond donors (Lipinski definition) is 1. The molecule has 0 aliphatic heterocycles. The molecule has 0 radical (unpaired) electrons. The zero-order valence-electron chi connectivity index (χ0n) is 11.9. The third-order valence-electron chi connectivity index (χ3n) is 3.93. The number of hydrogen-bond acceptors (Lipinski definition) is 5. The molecule has 1 aliphatic rings. The van der Waals surface area contributed by atoms with Gasteiger partial charge in [-0.3, -0.25) is 19.0 Å². The van der Waals surface area contributed by atoms with Crippen molar-refractivity contribution in [3.05, 3.63) is 32.8 Å². The smallest absolute Gasteiger partial charge is 0.264 e. The first kappa shape index (κ1) is 14.9. The van der Waals surface area contributed by atoms with Crippen molar-refractivity contribution in [2.45, 2.75) is 32.2 Å². The average Bonchev–Trinajstić information content (AvgIpc) is 2.39. The van der Waals surface area contributed by atoms with Gasteiger partial charge in [-0.05, 0) is 25.5 Å². The predicted molar refractivity (Wildman–Crippen MR) is 85.8 cm³/mol. The number of aromatic nitrogens is 2. The van der Waals surface area contributed by atoms with Gasteiger partial charge in [0.05, 0.1) is 23.4 Å². The van der Waals surface area contributed by atoms with Gasteiger partial charge in [-0.15, -0.1) is 0 Å². The fourth-order valence-electron chi connectivity index (χ4n) is 2.93. The van der Waals surface area contributed by atoms with Gasteiger partial charge in [-0.1, -0.05) is 15.9 Å². The molecule has 0 spiro atoms. The van der Waals surface area contributed by atoms with Gasteiger partial charge in [0.1, 0.15) is 11.6 Å². The monoisotopic (exact) mass is 363 g/mol. The topological polar surface area (TPSA) is 95.0 Å². The normalized spacial score (nSPS) is 18.9. The molecule has 0 saturated heterocycles. The lowest BCUT2D eigenvalue weighted by Gasteiger charge is -2.24. The fraction of sp³-hybridized carbons (Fsp3) is 0.333. The van der Waals surface area contributed by atoms with Crippen LogP contribution in [0.25, 0.3) is 10.9 Å². The Bertz CT molecular complexity index is 872. The summed E-state index contributed by atoms with van der Waals surface area (Å²) < 4.78 is 2.11. The number of fused-ring (bicyclic) bond motifs is 1. The average molecular weight is 364 g/mol. The molecule has 1 aromatic heterocycles. The summed E-state index contributed by atoms with van der Waals surface area (Å²) in [7, 11) is 0. The summed E-state index contributed by atoms with van der Waals surface area (Å²) in [5, 5.41) is 0.304. The molecule has 1 aliphatic carbocycles. The Labute approximate surface area is 134 Å². The highest BCUT2D eigenvalue weighted by atomic mass is 79.9. The van der Waals surface area contributed by atoms with E-state index in [2.05, 4.69) is 20.9 Å². The number of aryl methyl sites for hydroxylation is 1. The van der Waals surface area contributed by atoms with Crippen LogP contribution in [-0.2, 0) is 9.59 Å². The van der Waals surface area contributed by atoms with Crippen LogP contribution in [0.4, 0.5) is 5.69 Å². The van der Waals surface area contributed by atoms with Gasteiger partial charge in [0.15, 0.2) is 5.78 Å². The molecule has 1 fully saturated rings. The molecule has 3 rings (SSSR count). The summed E-state index contributed by atoms with van der Waals surface area (Å²) in [5.74, 6) is 0.130. The Balaban J connectivity index is 2.25. The Hall–Kier alpha value is -2.02. The largest absolute Gasteiger partial charge is 0.398 e. The van der Waals surface area contributed by atoms with Crippen LogP contribution >= 0.6 is 15.9 Å². The molecular formula is C15H14BrN3O3. The lowest BCUT2D eigenvalue weighted by Crippen LogP contribution is -2.36. The van der Waals surface area contributed by atoms with Gasteiger partial charge >= 0.3 is 0 Å². The van der Waals surface area contributed by atoms with Crippen LogP contribution < -0.4 is 11.3 Å². The summed E-state index contributed by atoms with van der Waals surface area (Å²) in [6.07, 6.45) is 0.516. The van der Waals surface area contributed by atoms with Crippen LogP contribution in [0.15, 0.2) is 21.4 Å². The lowest BCUT2D eigenvalue weighted by atomic mass is 9.92. The first-order valence-electron chi connectivity index (χ1n) is 6.90. The molecule has 114 valence electrons. The van der Waals surface area contributed by atoms with Crippen molar-refractivity contribution < 1.29 is 9.59 Å². The van der Waals surface area contributed by atoms with E-state index in [4.69, 9.17) is 5.73 Å². The minimum absolute atomic E-state index is 0.0795. The third-order valence-corrected chi connectivity index (χ3v) is 4.39. The van der Waals surface area contributed by atoms with Crippen molar-refractivity contribution in [3.8, 4) is 0 Å². The maximum Gasteiger partial charge on any atom is 0.264 e. The van der Waals surface area contributed by atoms with Gasteiger partial charge in [-0.25, -0.2) is 4.98 Å². The van der Waals surface area contributed by atoms with Gasteiger partial charge in [-0.2, -0.15) is 0 Å². The summed E-state index contributed by atoms with van der Waals surface area (Å²) in [4.78, 5) is 40.7. The van der Waals surface area contributed by atoms with Crippen molar-refractivity contribution >= 4 is 44.1 Å². The van der Waals surface area contributed by atoms with Crippen molar-refractivity contribution in [3.63, 3.8) is 0 Å². The van der Waals surface area contributed by atoms with Crippen molar-refractivity contribution in [1.29, 1.82) is 0 Å². The van der Waals surface area contributed by atoms with Gasteiger partial charge in [0, 0.05) is 16.6 Å². The number of rotatable bonds is 1. The van der Waals surface area contributed by atoms with E-state index in [1.165, 1.54) is 4.57 Å². The number of nitrogens with two attached hydrogens (primary N) is 1. The minimum Gasteiger partial charge on any atom is -0.398 e. The molecule has 22 heavy (non-hydrogen) atoms. The van der Waals surface area contributed by atoms with E-state index in [0.717, 1.165) is 4.47 Å². The Morgan fingerprint density at radius 3 is 2.73 bits per heavy atom. The number of nitrogens with zero attached hydrogens (tertiary/aromatic N) is 2. The Kier molecular flexibility index (Phi) is 3.60. The summed E-state index contributed by atoms with van der Waals surface area (Å²) in [6.45, 7) is 1.68. The van der Waals surface area contributed by atoms with E-state index in [1.807, 2.05) is 0 Å². The van der Waals surface area contributed by atoms with Gasteiger partial charge in [0.2, 0.25) is 0 Å². The van der Waals surface area contributed by atoms with Crippen LogP contribution in [0.2, 0.25) is 0 Å². The molecule has 1 atom stereocenters. The van der Waals surface area contributed by atoms with Crippen LogP contribution in [-0.4, -0.2) is 21.1 Å². The number of benzene rings is 1. The highest BCUT2D eigenvalue weighted by molar-refractivity contribution is 9.10. The van der Waals surface area contributed by atoms with E-state index in [1.54, 1.807) is 19.1 Å². The molecule has 2 aromatic rings.